The van der Waals surface area contributed by atoms with Crippen LogP contribution >= 0.6 is 0 Å². The molecule has 3 aromatic carbocycles. The molecule has 0 radical (unpaired) electrons. The maximum Gasteiger partial charge on any atom is 0.261 e. The quantitative estimate of drug-likeness (QED) is 0.397. The van der Waals surface area contributed by atoms with Crippen LogP contribution in [0.15, 0.2) is 88.6 Å². The molecule has 9 heteroatoms. The molecule has 4 aromatic rings. The van der Waals surface area contributed by atoms with E-state index in [-0.39, 0.29) is 16.5 Å². The molecule has 0 spiro atoms. The van der Waals surface area contributed by atoms with Gasteiger partial charge in [-0.15, -0.1) is 0 Å². The maximum atomic E-state index is 13.3. The summed E-state index contributed by atoms with van der Waals surface area (Å²) in [6, 6.07) is 23.0. The van der Waals surface area contributed by atoms with Crippen molar-refractivity contribution >= 4 is 20.9 Å². The number of aromatic nitrogens is 2. The molecule has 0 N–H and O–H groups in total. The van der Waals surface area contributed by atoms with Gasteiger partial charge in [-0.25, -0.2) is 13.4 Å². The Kier molecular flexibility index (Phi) is 6.61. The number of para-hydroxylation sites is 2. The molecule has 8 nitrogen and oxygen atoms in total. The highest BCUT2D eigenvalue weighted by Crippen LogP contribution is 2.26. The summed E-state index contributed by atoms with van der Waals surface area (Å²) in [4.78, 5) is 20.0. The zero-order valence-electron chi connectivity index (χ0n) is 20.2. The lowest BCUT2D eigenvalue weighted by atomic mass is 10.2. The van der Waals surface area contributed by atoms with Gasteiger partial charge in [0.25, 0.3) is 5.56 Å². The van der Waals surface area contributed by atoms with E-state index in [9.17, 15) is 13.2 Å². The van der Waals surface area contributed by atoms with E-state index in [1.54, 1.807) is 41.9 Å². The standard InChI is InChI=1S/C27H28N4O4S/c1-20(26-28-25-11-7-6-10-24(25)27(32)29(26)2)30-16-18-31(19-17-30)36(33,34)23-14-12-22(13-15-23)35-21-8-4-3-5-9-21/h3-15,20H,16-19H2,1-2H3. The van der Waals surface area contributed by atoms with Crippen molar-refractivity contribution in [3.05, 3.63) is 95.0 Å². The van der Waals surface area contributed by atoms with Gasteiger partial charge < -0.3 is 4.74 Å². The second-order valence-electron chi connectivity index (χ2n) is 8.85. The van der Waals surface area contributed by atoms with Crippen molar-refractivity contribution in [1.82, 2.24) is 18.8 Å². The van der Waals surface area contributed by atoms with Crippen molar-refractivity contribution in [3.8, 4) is 11.5 Å². The SMILES string of the molecule is CC(c1nc2ccccc2c(=O)n1C)N1CCN(S(=O)(=O)c2ccc(Oc3ccccc3)cc2)CC1. The van der Waals surface area contributed by atoms with E-state index in [0.29, 0.717) is 54.4 Å². The number of rotatable bonds is 6. The zero-order chi connectivity index (χ0) is 25.3. The molecular formula is C27H28N4O4S. The topological polar surface area (TPSA) is 84.7 Å². The molecule has 2 heterocycles. The van der Waals surface area contributed by atoms with Crippen LogP contribution in [0.2, 0.25) is 0 Å². The number of hydrogen-bond donors (Lipinski definition) is 0. The van der Waals surface area contributed by atoms with Crippen LogP contribution in [-0.4, -0.2) is 53.4 Å². The van der Waals surface area contributed by atoms with E-state index >= 15 is 0 Å². The van der Waals surface area contributed by atoms with Crippen molar-refractivity contribution in [3.63, 3.8) is 0 Å². The van der Waals surface area contributed by atoms with Crippen molar-refractivity contribution < 1.29 is 13.2 Å². The summed E-state index contributed by atoms with van der Waals surface area (Å²) in [5.74, 6) is 1.94. The first-order valence-corrected chi connectivity index (χ1v) is 13.3. The third kappa shape index (κ3) is 4.65. The smallest absolute Gasteiger partial charge is 0.261 e. The molecule has 1 saturated heterocycles. The van der Waals surface area contributed by atoms with Crippen LogP contribution in [0.5, 0.6) is 11.5 Å². The van der Waals surface area contributed by atoms with Crippen LogP contribution in [0.4, 0.5) is 0 Å². The normalized spacial score (nSPS) is 16.2. The molecule has 186 valence electrons. The monoisotopic (exact) mass is 504 g/mol. The predicted molar refractivity (Wildman–Crippen MR) is 139 cm³/mol. The molecule has 1 aliphatic heterocycles. The Morgan fingerprint density at radius 1 is 0.833 bits per heavy atom. The highest BCUT2D eigenvalue weighted by Gasteiger charge is 2.31. The van der Waals surface area contributed by atoms with Gasteiger partial charge in [0.05, 0.1) is 21.8 Å². The lowest BCUT2D eigenvalue weighted by Crippen LogP contribution is -2.49. The minimum Gasteiger partial charge on any atom is -0.457 e. The summed E-state index contributed by atoms with van der Waals surface area (Å²) >= 11 is 0. The fourth-order valence-electron chi connectivity index (χ4n) is 4.56. The molecule has 0 amide bonds. The summed E-state index contributed by atoms with van der Waals surface area (Å²) in [5, 5.41) is 0.590. The van der Waals surface area contributed by atoms with Crippen molar-refractivity contribution in [1.29, 1.82) is 0 Å². The summed E-state index contributed by atoms with van der Waals surface area (Å²) in [6.45, 7) is 3.80. The number of fused-ring (bicyclic) bond motifs is 1. The average Bonchev–Trinajstić information content (AvgIpc) is 2.91. The van der Waals surface area contributed by atoms with Crippen molar-refractivity contribution in [2.75, 3.05) is 26.2 Å². The Hall–Kier alpha value is -3.53. The summed E-state index contributed by atoms with van der Waals surface area (Å²) in [5.41, 5.74) is 0.590. The van der Waals surface area contributed by atoms with Gasteiger partial charge in [-0.1, -0.05) is 30.3 Å². The minimum atomic E-state index is -3.63. The lowest BCUT2D eigenvalue weighted by Gasteiger charge is -2.37. The fraction of sp³-hybridized carbons (Fsp3) is 0.259. The number of sulfonamides is 1. The Balaban J connectivity index is 1.27. The number of piperazine rings is 1. The van der Waals surface area contributed by atoms with Crippen LogP contribution < -0.4 is 10.3 Å². The Morgan fingerprint density at radius 3 is 2.14 bits per heavy atom. The van der Waals surface area contributed by atoms with E-state index in [1.165, 1.54) is 4.31 Å². The van der Waals surface area contributed by atoms with Gasteiger partial charge >= 0.3 is 0 Å². The second kappa shape index (κ2) is 9.85. The molecule has 1 unspecified atom stereocenters. The third-order valence-electron chi connectivity index (χ3n) is 6.65. The molecular weight excluding hydrogens is 476 g/mol. The van der Waals surface area contributed by atoms with E-state index < -0.39 is 10.0 Å². The first kappa shape index (κ1) is 24.2. The maximum absolute atomic E-state index is 13.3. The number of benzene rings is 3. The molecule has 0 bridgehead atoms. The summed E-state index contributed by atoms with van der Waals surface area (Å²) in [7, 11) is -1.89. The molecule has 1 aromatic heterocycles. The average molecular weight is 505 g/mol. The van der Waals surface area contributed by atoms with E-state index in [2.05, 4.69) is 4.90 Å². The number of ether oxygens (including phenoxy) is 1. The van der Waals surface area contributed by atoms with E-state index in [4.69, 9.17) is 9.72 Å². The third-order valence-corrected chi connectivity index (χ3v) is 8.57. The highest BCUT2D eigenvalue weighted by molar-refractivity contribution is 7.89. The summed E-state index contributed by atoms with van der Waals surface area (Å²) in [6.07, 6.45) is 0. The van der Waals surface area contributed by atoms with Crippen LogP contribution in [0.1, 0.15) is 18.8 Å². The Bertz CT molecular complexity index is 1530. The van der Waals surface area contributed by atoms with Gasteiger partial charge in [-0.05, 0) is 55.5 Å². The predicted octanol–water partition coefficient (Wildman–Crippen LogP) is 3.79. The largest absolute Gasteiger partial charge is 0.457 e. The molecule has 1 aliphatic rings. The van der Waals surface area contributed by atoms with E-state index in [0.717, 1.165) is 0 Å². The first-order chi connectivity index (χ1) is 17.3. The van der Waals surface area contributed by atoms with Crippen LogP contribution in [0.3, 0.4) is 0 Å². The lowest BCUT2D eigenvalue weighted by molar-refractivity contribution is 0.139. The first-order valence-electron chi connectivity index (χ1n) is 11.9. The Morgan fingerprint density at radius 2 is 1.44 bits per heavy atom. The zero-order valence-corrected chi connectivity index (χ0v) is 21.1. The van der Waals surface area contributed by atoms with Crippen molar-refractivity contribution in [2.24, 2.45) is 7.05 Å². The van der Waals surface area contributed by atoms with Gasteiger partial charge in [0.2, 0.25) is 10.0 Å². The Labute approximate surface area is 210 Å². The van der Waals surface area contributed by atoms with E-state index in [1.807, 2.05) is 55.5 Å². The number of nitrogens with zero attached hydrogens (tertiary/aromatic N) is 4. The molecule has 5 rings (SSSR count). The fourth-order valence-corrected chi connectivity index (χ4v) is 5.98. The minimum absolute atomic E-state index is 0.0802. The highest BCUT2D eigenvalue weighted by atomic mass is 32.2. The molecule has 1 atom stereocenters. The number of hydrogen-bond acceptors (Lipinski definition) is 6. The van der Waals surface area contributed by atoms with Crippen LogP contribution in [0.25, 0.3) is 10.9 Å². The van der Waals surface area contributed by atoms with Crippen molar-refractivity contribution in [2.45, 2.75) is 17.9 Å². The van der Waals surface area contributed by atoms with Gasteiger partial charge in [-0.2, -0.15) is 4.31 Å². The van der Waals surface area contributed by atoms with Gasteiger partial charge in [0.1, 0.15) is 17.3 Å². The second-order valence-corrected chi connectivity index (χ2v) is 10.8. The molecule has 36 heavy (non-hydrogen) atoms. The molecule has 0 aliphatic carbocycles. The van der Waals surface area contributed by atoms with Crippen LogP contribution in [0, 0.1) is 0 Å². The summed E-state index contributed by atoms with van der Waals surface area (Å²) < 4.78 is 35.4. The van der Waals surface area contributed by atoms with Gasteiger partial charge in [0.15, 0.2) is 0 Å². The van der Waals surface area contributed by atoms with Gasteiger partial charge in [-0.3, -0.25) is 14.3 Å². The molecule has 0 saturated carbocycles. The van der Waals surface area contributed by atoms with Crippen LogP contribution in [-0.2, 0) is 17.1 Å². The molecule has 1 fully saturated rings. The van der Waals surface area contributed by atoms with Gasteiger partial charge in [0, 0.05) is 33.2 Å².